The first kappa shape index (κ1) is 12.6. The molecule has 4 nitrogen and oxygen atoms in total. The molecule has 5 heteroatoms. The lowest BCUT2D eigenvalue weighted by Gasteiger charge is -2.28. The molecule has 102 valence electrons. The van der Waals surface area contributed by atoms with Gasteiger partial charge in [-0.2, -0.15) is 0 Å². The van der Waals surface area contributed by atoms with Crippen LogP contribution in [0.25, 0.3) is 0 Å². The summed E-state index contributed by atoms with van der Waals surface area (Å²) >= 11 is 6.19. The summed E-state index contributed by atoms with van der Waals surface area (Å²) in [6.45, 7) is 2.31. The minimum atomic E-state index is -0.145. The zero-order valence-corrected chi connectivity index (χ0v) is 11.5. The fraction of sp³-hybridized carbons (Fsp3) is 0.500. The van der Waals surface area contributed by atoms with E-state index in [4.69, 9.17) is 21.1 Å². The Morgan fingerprint density at radius 3 is 2.95 bits per heavy atom. The lowest BCUT2D eigenvalue weighted by atomic mass is 9.87. The van der Waals surface area contributed by atoms with Gasteiger partial charge in [-0.15, -0.1) is 0 Å². The van der Waals surface area contributed by atoms with Crippen molar-refractivity contribution in [2.24, 2.45) is 0 Å². The number of hydrogen-bond donors (Lipinski definition) is 1. The van der Waals surface area contributed by atoms with Crippen LogP contribution in [0.5, 0.6) is 11.5 Å². The van der Waals surface area contributed by atoms with Gasteiger partial charge in [0.25, 0.3) is 0 Å². The predicted molar refractivity (Wildman–Crippen MR) is 71.7 cm³/mol. The van der Waals surface area contributed by atoms with E-state index in [2.05, 4.69) is 12.2 Å². The SMILES string of the molecule is CCC1(Cc2cc(Cl)c3c(c2)OCO3)CCC(=O)N1. The largest absolute Gasteiger partial charge is 0.454 e. The van der Waals surface area contributed by atoms with E-state index < -0.39 is 0 Å². The van der Waals surface area contributed by atoms with Crippen LogP contribution in [0.3, 0.4) is 0 Å². The molecule has 1 saturated heterocycles. The highest BCUT2D eigenvalue weighted by atomic mass is 35.5. The molecule has 0 aromatic heterocycles. The summed E-state index contributed by atoms with van der Waals surface area (Å²) in [7, 11) is 0. The molecule has 1 amide bonds. The van der Waals surface area contributed by atoms with Gasteiger partial charge in [-0.05, 0) is 37.0 Å². The smallest absolute Gasteiger partial charge is 0.231 e. The number of halogens is 1. The topological polar surface area (TPSA) is 47.6 Å². The fourth-order valence-electron chi connectivity index (χ4n) is 2.81. The molecule has 0 bridgehead atoms. The van der Waals surface area contributed by atoms with Gasteiger partial charge < -0.3 is 14.8 Å². The van der Waals surface area contributed by atoms with E-state index in [9.17, 15) is 4.79 Å². The van der Waals surface area contributed by atoms with E-state index in [-0.39, 0.29) is 18.2 Å². The molecule has 1 unspecified atom stereocenters. The lowest BCUT2D eigenvalue weighted by molar-refractivity contribution is -0.119. The summed E-state index contributed by atoms with van der Waals surface area (Å²) < 4.78 is 10.7. The van der Waals surface area contributed by atoms with Crippen molar-refractivity contribution in [2.75, 3.05) is 6.79 Å². The van der Waals surface area contributed by atoms with Gasteiger partial charge in [-0.25, -0.2) is 0 Å². The highest BCUT2D eigenvalue weighted by molar-refractivity contribution is 6.32. The monoisotopic (exact) mass is 281 g/mol. The zero-order chi connectivity index (χ0) is 13.5. The van der Waals surface area contributed by atoms with Gasteiger partial charge in [-0.1, -0.05) is 18.5 Å². The third-order valence-corrected chi connectivity index (χ3v) is 4.22. The maximum atomic E-state index is 11.5. The van der Waals surface area contributed by atoms with Gasteiger partial charge >= 0.3 is 0 Å². The first-order valence-corrected chi connectivity index (χ1v) is 6.89. The Labute approximate surface area is 117 Å². The normalized spacial score (nSPS) is 24.6. The average molecular weight is 282 g/mol. The number of rotatable bonds is 3. The van der Waals surface area contributed by atoms with Crippen LogP contribution >= 0.6 is 11.6 Å². The van der Waals surface area contributed by atoms with E-state index in [0.717, 1.165) is 24.8 Å². The summed E-state index contributed by atoms with van der Waals surface area (Å²) in [5.74, 6) is 1.44. The number of carbonyl (C=O) groups is 1. The second kappa shape index (κ2) is 4.60. The van der Waals surface area contributed by atoms with E-state index in [1.807, 2.05) is 12.1 Å². The van der Waals surface area contributed by atoms with Crippen LogP contribution in [0, 0.1) is 0 Å². The number of amides is 1. The quantitative estimate of drug-likeness (QED) is 0.927. The van der Waals surface area contributed by atoms with Gasteiger partial charge in [0.2, 0.25) is 12.7 Å². The summed E-state index contributed by atoms with van der Waals surface area (Å²) in [5, 5.41) is 3.67. The van der Waals surface area contributed by atoms with E-state index in [1.54, 1.807) is 0 Å². The first-order valence-electron chi connectivity index (χ1n) is 6.51. The van der Waals surface area contributed by atoms with Crippen LogP contribution in [0.15, 0.2) is 12.1 Å². The van der Waals surface area contributed by atoms with Crippen molar-refractivity contribution in [1.82, 2.24) is 5.32 Å². The molecular weight excluding hydrogens is 266 g/mol. The van der Waals surface area contributed by atoms with Crippen LogP contribution in [0.4, 0.5) is 0 Å². The molecule has 19 heavy (non-hydrogen) atoms. The van der Waals surface area contributed by atoms with Crippen LogP contribution in [-0.4, -0.2) is 18.2 Å². The van der Waals surface area contributed by atoms with E-state index >= 15 is 0 Å². The highest BCUT2D eigenvalue weighted by Crippen LogP contribution is 2.41. The van der Waals surface area contributed by atoms with Crippen molar-refractivity contribution in [2.45, 2.75) is 38.1 Å². The molecule has 2 aliphatic rings. The number of hydrogen-bond acceptors (Lipinski definition) is 3. The molecule has 1 fully saturated rings. The molecule has 1 N–H and O–H groups in total. The molecule has 0 aliphatic carbocycles. The van der Waals surface area contributed by atoms with Crippen LogP contribution in [-0.2, 0) is 11.2 Å². The van der Waals surface area contributed by atoms with Crippen LogP contribution in [0.2, 0.25) is 5.02 Å². The number of benzene rings is 1. The Morgan fingerprint density at radius 1 is 1.42 bits per heavy atom. The van der Waals surface area contributed by atoms with Gasteiger partial charge in [0.05, 0.1) is 5.02 Å². The van der Waals surface area contributed by atoms with Gasteiger partial charge in [0.15, 0.2) is 11.5 Å². The van der Waals surface area contributed by atoms with Crippen molar-refractivity contribution in [3.63, 3.8) is 0 Å². The number of nitrogens with one attached hydrogen (secondary N) is 1. The zero-order valence-electron chi connectivity index (χ0n) is 10.8. The van der Waals surface area contributed by atoms with Crippen LogP contribution in [0.1, 0.15) is 31.7 Å². The Hall–Kier alpha value is -1.42. The van der Waals surface area contributed by atoms with Crippen molar-refractivity contribution in [1.29, 1.82) is 0 Å². The summed E-state index contributed by atoms with van der Waals surface area (Å²) in [5.41, 5.74) is 0.923. The summed E-state index contributed by atoms with van der Waals surface area (Å²) in [6.07, 6.45) is 3.15. The van der Waals surface area contributed by atoms with Gasteiger partial charge in [-0.3, -0.25) is 4.79 Å². The molecule has 0 spiro atoms. The third-order valence-electron chi connectivity index (χ3n) is 3.94. The first-order chi connectivity index (χ1) is 9.12. The van der Waals surface area contributed by atoms with Crippen molar-refractivity contribution < 1.29 is 14.3 Å². The van der Waals surface area contributed by atoms with Gasteiger partial charge in [0, 0.05) is 12.0 Å². The average Bonchev–Trinajstić information content (AvgIpc) is 2.97. The highest BCUT2D eigenvalue weighted by Gasteiger charge is 2.36. The van der Waals surface area contributed by atoms with Crippen molar-refractivity contribution in [3.05, 3.63) is 22.7 Å². The Kier molecular flexibility index (Phi) is 3.05. The number of ether oxygens (including phenoxy) is 2. The molecule has 1 aromatic carbocycles. The molecule has 1 atom stereocenters. The lowest BCUT2D eigenvalue weighted by Crippen LogP contribution is -2.42. The van der Waals surface area contributed by atoms with Crippen LogP contribution < -0.4 is 14.8 Å². The minimum absolute atomic E-state index is 0.133. The summed E-state index contributed by atoms with van der Waals surface area (Å²) in [6, 6.07) is 3.85. The van der Waals surface area contributed by atoms with Crippen molar-refractivity contribution in [3.8, 4) is 11.5 Å². The molecular formula is C14H16ClNO3. The fourth-order valence-corrected chi connectivity index (χ4v) is 3.10. The maximum absolute atomic E-state index is 11.5. The third kappa shape index (κ3) is 2.25. The minimum Gasteiger partial charge on any atom is -0.454 e. The molecule has 2 aliphatic heterocycles. The Bertz CT molecular complexity index is 532. The molecule has 3 rings (SSSR count). The van der Waals surface area contributed by atoms with E-state index in [1.165, 1.54) is 0 Å². The number of fused-ring (bicyclic) bond motifs is 1. The molecule has 1 aromatic rings. The molecule has 2 heterocycles. The van der Waals surface area contributed by atoms with E-state index in [0.29, 0.717) is 22.9 Å². The maximum Gasteiger partial charge on any atom is 0.231 e. The second-order valence-electron chi connectivity index (χ2n) is 5.17. The standard InChI is InChI=1S/C14H16ClNO3/c1-2-14(4-3-12(17)16-14)7-9-5-10(15)13-11(6-9)18-8-19-13/h5-6H,2-4,7-8H2,1H3,(H,16,17). The summed E-state index contributed by atoms with van der Waals surface area (Å²) in [4.78, 5) is 11.5. The van der Waals surface area contributed by atoms with Gasteiger partial charge in [0.1, 0.15) is 0 Å². The number of carbonyl (C=O) groups excluding carboxylic acids is 1. The predicted octanol–water partition coefficient (Wildman–Crippen LogP) is 2.67. The molecule has 0 saturated carbocycles. The second-order valence-corrected chi connectivity index (χ2v) is 5.58. The Morgan fingerprint density at radius 2 is 2.26 bits per heavy atom. The van der Waals surface area contributed by atoms with Crippen molar-refractivity contribution >= 4 is 17.5 Å². The Balaban J connectivity index is 1.87. The molecule has 0 radical (unpaired) electrons.